The molecule has 0 atom stereocenters. The summed E-state index contributed by atoms with van der Waals surface area (Å²) in [7, 11) is 0. The molecular weight excluding hydrogens is 120 g/mol. The van der Waals surface area contributed by atoms with E-state index in [0.29, 0.717) is 5.92 Å². The van der Waals surface area contributed by atoms with E-state index in [-0.39, 0.29) is 0 Å². The Morgan fingerprint density at radius 2 is 2.00 bits per heavy atom. The van der Waals surface area contributed by atoms with Crippen LogP contribution in [-0.4, -0.2) is 0 Å². The van der Waals surface area contributed by atoms with Gasteiger partial charge in [-0.3, -0.25) is 0 Å². The highest BCUT2D eigenvalue weighted by Crippen LogP contribution is 1.93. The molecule has 0 radical (unpaired) electrons. The summed E-state index contributed by atoms with van der Waals surface area (Å²) < 4.78 is 0. The minimum atomic E-state index is 0.656. The van der Waals surface area contributed by atoms with E-state index in [1.54, 1.807) is 0 Å². The molecule has 0 fully saturated rings. The van der Waals surface area contributed by atoms with Gasteiger partial charge in [-0.1, -0.05) is 38.8 Å². The van der Waals surface area contributed by atoms with Crippen molar-refractivity contribution in [3.63, 3.8) is 0 Å². The molecule has 0 N–H and O–H groups in total. The fourth-order valence-corrected chi connectivity index (χ4v) is 0.596. The van der Waals surface area contributed by atoms with Crippen LogP contribution in [0.3, 0.4) is 0 Å². The predicted octanol–water partition coefficient (Wildman–Crippen LogP) is 3.00. The third-order valence-electron chi connectivity index (χ3n) is 1.04. The van der Waals surface area contributed by atoms with Crippen LogP contribution < -0.4 is 0 Å². The number of rotatable bonds is 2. The number of hydrogen-bond donors (Lipinski definition) is 0. The fourth-order valence-electron chi connectivity index (χ4n) is 0.596. The summed E-state index contributed by atoms with van der Waals surface area (Å²) in [6.07, 6.45) is 6.19. The second kappa shape index (κ2) is 6.42. The topological polar surface area (TPSA) is 0 Å². The van der Waals surface area contributed by atoms with Crippen LogP contribution >= 0.6 is 0 Å². The van der Waals surface area contributed by atoms with Gasteiger partial charge < -0.3 is 0 Å². The number of hydrogen-bond acceptors (Lipinski definition) is 0. The maximum atomic E-state index is 3.05. The highest BCUT2D eigenvalue weighted by Gasteiger charge is 1.79. The first-order valence-electron chi connectivity index (χ1n) is 3.89. The average molecular weight is 136 g/mol. The van der Waals surface area contributed by atoms with E-state index in [2.05, 4.69) is 44.8 Å². The lowest BCUT2D eigenvalue weighted by molar-refractivity contribution is 0.828. The van der Waals surface area contributed by atoms with Gasteiger partial charge in [0.15, 0.2) is 0 Å². The lowest BCUT2D eigenvalue weighted by atomic mass is 10.2. The maximum Gasteiger partial charge on any atom is 0.0269 e. The molecular formula is C10H16. The average Bonchev–Trinajstić information content (AvgIpc) is 1.87. The van der Waals surface area contributed by atoms with Gasteiger partial charge in [0.05, 0.1) is 0 Å². The summed E-state index contributed by atoms with van der Waals surface area (Å²) >= 11 is 0. The van der Waals surface area contributed by atoms with Gasteiger partial charge in [-0.25, -0.2) is 0 Å². The van der Waals surface area contributed by atoms with Crippen molar-refractivity contribution < 1.29 is 0 Å². The fraction of sp³-hybridized carbons (Fsp3) is 0.600. The first-order chi connectivity index (χ1) is 4.77. The third kappa shape index (κ3) is 7.30. The second-order valence-corrected chi connectivity index (χ2v) is 2.58. The lowest BCUT2D eigenvalue weighted by Crippen LogP contribution is -1.75. The molecule has 0 saturated carbocycles. The van der Waals surface area contributed by atoms with E-state index < -0.39 is 0 Å². The molecule has 0 aliphatic carbocycles. The van der Waals surface area contributed by atoms with E-state index >= 15 is 0 Å². The normalized spacial score (nSPS) is 10.0. The largest absolute Gasteiger partial charge is 0.103 e. The predicted molar refractivity (Wildman–Crippen MR) is 46.7 cm³/mol. The van der Waals surface area contributed by atoms with Gasteiger partial charge in [0, 0.05) is 12.8 Å². The van der Waals surface area contributed by atoms with E-state index in [9.17, 15) is 0 Å². The van der Waals surface area contributed by atoms with Gasteiger partial charge in [-0.05, 0) is 5.92 Å². The van der Waals surface area contributed by atoms with Crippen LogP contribution in [0.1, 0.15) is 33.6 Å². The van der Waals surface area contributed by atoms with Crippen LogP contribution in [0.25, 0.3) is 0 Å². The Hall–Kier alpha value is -0.700. The molecule has 10 heavy (non-hydrogen) atoms. The van der Waals surface area contributed by atoms with Crippen molar-refractivity contribution in [2.24, 2.45) is 5.92 Å². The standard InChI is InChI=1S/C10H16/c1-4-5-6-7-8-9-10(2)3/h8-10H,4,7H2,1-3H3. The zero-order chi connectivity index (χ0) is 7.82. The van der Waals surface area contributed by atoms with Gasteiger partial charge in [0.1, 0.15) is 0 Å². The van der Waals surface area contributed by atoms with Crippen molar-refractivity contribution in [3.05, 3.63) is 12.2 Å². The van der Waals surface area contributed by atoms with Gasteiger partial charge in [0.2, 0.25) is 0 Å². The summed E-state index contributed by atoms with van der Waals surface area (Å²) in [6, 6.07) is 0. The Labute approximate surface area is 64.3 Å². The summed E-state index contributed by atoms with van der Waals surface area (Å²) in [6.45, 7) is 6.41. The van der Waals surface area contributed by atoms with Crippen LogP contribution in [-0.2, 0) is 0 Å². The summed E-state index contributed by atoms with van der Waals surface area (Å²) in [5.74, 6) is 6.73. The number of allylic oxidation sites excluding steroid dienone is 2. The van der Waals surface area contributed by atoms with Crippen LogP contribution in [0.2, 0.25) is 0 Å². The molecule has 0 aromatic heterocycles. The summed E-state index contributed by atoms with van der Waals surface area (Å²) in [5, 5.41) is 0. The molecule has 0 nitrogen and oxygen atoms in total. The van der Waals surface area contributed by atoms with E-state index in [1.165, 1.54) is 0 Å². The molecule has 0 aliphatic rings. The summed E-state index contributed by atoms with van der Waals surface area (Å²) in [5.41, 5.74) is 0. The van der Waals surface area contributed by atoms with Gasteiger partial charge in [-0.15, -0.1) is 5.92 Å². The minimum absolute atomic E-state index is 0.656. The molecule has 0 amide bonds. The quantitative estimate of drug-likeness (QED) is 0.404. The molecule has 0 aliphatic heterocycles. The summed E-state index contributed by atoms with van der Waals surface area (Å²) in [4.78, 5) is 0. The van der Waals surface area contributed by atoms with Crippen LogP contribution in [0.5, 0.6) is 0 Å². The first kappa shape index (κ1) is 9.30. The third-order valence-corrected chi connectivity index (χ3v) is 1.04. The Morgan fingerprint density at radius 3 is 2.50 bits per heavy atom. The molecule has 0 bridgehead atoms. The van der Waals surface area contributed by atoms with Crippen molar-refractivity contribution in [1.82, 2.24) is 0 Å². The van der Waals surface area contributed by atoms with Crippen molar-refractivity contribution in [3.8, 4) is 11.8 Å². The molecule has 0 rings (SSSR count). The smallest absolute Gasteiger partial charge is 0.0269 e. The van der Waals surface area contributed by atoms with Crippen LogP contribution in [0.4, 0.5) is 0 Å². The van der Waals surface area contributed by atoms with Crippen LogP contribution in [0.15, 0.2) is 12.2 Å². The molecule has 0 heterocycles. The zero-order valence-electron chi connectivity index (χ0n) is 7.15. The van der Waals surface area contributed by atoms with E-state index in [0.717, 1.165) is 12.8 Å². The zero-order valence-corrected chi connectivity index (χ0v) is 7.15. The van der Waals surface area contributed by atoms with Crippen molar-refractivity contribution in [1.29, 1.82) is 0 Å². The Morgan fingerprint density at radius 1 is 1.30 bits per heavy atom. The Balaban J connectivity index is 3.35. The SMILES string of the molecule is CCC#CCC=CC(C)C. The molecule has 0 unspecified atom stereocenters. The van der Waals surface area contributed by atoms with Gasteiger partial charge in [-0.2, -0.15) is 0 Å². The highest BCUT2D eigenvalue weighted by atomic mass is 13.9. The Bertz CT molecular complexity index is 141. The van der Waals surface area contributed by atoms with Crippen LogP contribution in [0, 0.1) is 17.8 Å². The van der Waals surface area contributed by atoms with E-state index in [4.69, 9.17) is 0 Å². The molecule has 0 aromatic rings. The minimum Gasteiger partial charge on any atom is -0.103 e. The monoisotopic (exact) mass is 136 g/mol. The molecule has 0 aromatic carbocycles. The lowest BCUT2D eigenvalue weighted by Gasteiger charge is -1.89. The highest BCUT2D eigenvalue weighted by molar-refractivity contribution is 5.04. The van der Waals surface area contributed by atoms with Crippen molar-refractivity contribution in [2.75, 3.05) is 0 Å². The molecule has 0 saturated heterocycles. The maximum absolute atomic E-state index is 3.05. The molecule has 56 valence electrons. The van der Waals surface area contributed by atoms with Gasteiger partial charge >= 0.3 is 0 Å². The van der Waals surface area contributed by atoms with Crippen molar-refractivity contribution >= 4 is 0 Å². The molecule has 0 heteroatoms. The van der Waals surface area contributed by atoms with E-state index in [1.807, 2.05) is 0 Å². The Kier molecular flexibility index (Phi) is 5.97. The van der Waals surface area contributed by atoms with Crippen molar-refractivity contribution in [2.45, 2.75) is 33.6 Å². The first-order valence-corrected chi connectivity index (χ1v) is 3.89. The van der Waals surface area contributed by atoms with Gasteiger partial charge in [0.25, 0.3) is 0 Å². The second-order valence-electron chi connectivity index (χ2n) is 2.58. The molecule has 0 spiro atoms.